The third kappa shape index (κ3) is 11.6. The van der Waals surface area contributed by atoms with Gasteiger partial charge >= 0.3 is 24.3 Å². The molecular formula is C32H32F6N4O8. The Hall–Kier alpha value is -5.41. The highest BCUT2D eigenvalue weighted by Gasteiger charge is 2.43. The lowest BCUT2D eigenvalue weighted by molar-refractivity contribution is -0.193. The number of hydroxylamine groups is 1. The van der Waals surface area contributed by atoms with Crippen LogP contribution in [0.25, 0.3) is 10.9 Å². The smallest absolute Gasteiger partial charge is 0.489 e. The second-order valence-corrected chi connectivity index (χ2v) is 11.1. The number of alkyl halides is 6. The summed E-state index contributed by atoms with van der Waals surface area (Å²) in [5.74, 6) is -3.68. The van der Waals surface area contributed by atoms with Crippen LogP contribution in [0.3, 0.4) is 0 Å². The summed E-state index contributed by atoms with van der Waals surface area (Å²) >= 11 is 0. The number of aryl methyl sites for hydroxylation is 1. The van der Waals surface area contributed by atoms with Crippen LogP contribution in [0.1, 0.15) is 35.5 Å². The van der Waals surface area contributed by atoms with Crippen molar-refractivity contribution >= 4 is 34.7 Å². The van der Waals surface area contributed by atoms with E-state index in [0.717, 1.165) is 22.2 Å². The molecule has 1 saturated heterocycles. The van der Waals surface area contributed by atoms with E-state index in [1.807, 2.05) is 56.0 Å². The van der Waals surface area contributed by atoms with Gasteiger partial charge in [-0.3, -0.25) is 24.7 Å². The van der Waals surface area contributed by atoms with E-state index in [4.69, 9.17) is 36.2 Å². The largest absolute Gasteiger partial charge is 0.490 e. The third-order valence-electron chi connectivity index (χ3n) is 7.15. The van der Waals surface area contributed by atoms with Gasteiger partial charge < -0.3 is 20.3 Å². The number of carboxylic acid groups (broad SMARTS) is 2. The van der Waals surface area contributed by atoms with Crippen LogP contribution in [0, 0.1) is 25.2 Å². The Balaban J connectivity index is 0.000000521. The first-order valence-corrected chi connectivity index (χ1v) is 14.3. The minimum absolute atomic E-state index is 0.321. The molecule has 0 radical (unpaired) electrons. The van der Waals surface area contributed by atoms with Crippen molar-refractivity contribution in [3.05, 3.63) is 71.4 Å². The summed E-state index contributed by atoms with van der Waals surface area (Å²) in [6.45, 7) is 6.79. The highest BCUT2D eigenvalue weighted by molar-refractivity contribution is 5.95. The number of aliphatic carboxylic acids is 2. The Bertz CT molecular complexity index is 1700. The van der Waals surface area contributed by atoms with E-state index in [9.17, 15) is 35.9 Å². The third-order valence-corrected chi connectivity index (χ3v) is 7.15. The number of ether oxygens (including phenoxy) is 1. The summed E-state index contributed by atoms with van der Waals surface area (Å²) in [6.07, 6.45) is -4.52. The second-order valence-electron chi connectivity index (χ2n) is 11.1. The van der Waals surface area contributed by atoms with Crippen molar-refractivity contribution in [1.82, 2.24) is 20.7 Å². The molecule has 1 aliphatic rings. The van der Waals surface area contributed by atoms with Crippen LogP contribution < -0.4 is 15.5 Å². The fraction of sp³-hybridized carbons (Fsp3) is 0.344. The van der Waals surface area contributed by atoms with E-state index in [2.05, 4.69) is 16.2 Å². The second kappa shape index (κ2) is 16.8. The molecule has 2 atom stereocenters. The first kappa shape index (κ1) is 40.8. The van der Waals surface area contributed by atoms with Crippen molar-refractivity contribution in [2.75, 3.05) is 13.1 Å². The number of carbonyl (C=O) groups excluding carboxylic acids is 2. The van der Waals surface area contributed by atoms with E-state index in [1.165, 1.54) is 0 Å². The number of hydrogen-bond acceptors (Lipinski definition) is 8. The Morgan fingerprint density at radius 2 is 1.50 bits per heavy atom. The first-order valence-electron chi connectivity index (χ1n) is 14.3. The van der Waals surface area contributed by atoms with Crippen molar-refractivity contribution in [2.45, 2.75) is 51.3 Å². The fourth-order valence-electron chi connectivity index (χ4n) is 4.48. The zero-order valence-electron chi connectivity index (χ0n) is 26.6. The van der Waals surface area contributed by atoms with E-state index in [0.29, 0.717) is 31.0 Å². The minimum atomic E-state index is -5.08. The molecule has 18 heteroatoms. The van der Waals surface area contributed by atoms with Crippen molar-refractivity contribution in [1.29, 1.82) is 0 Å². The number of carbonyl (C=O) groups is 4. The topological polar surface area (TPSA) is 178 Å². The van der Waals surface area contributed by atoms with Gasteiger partial charge in [0, 0.05) is 35.3 Å². The molecule has 270 valence electrons. The average Bonchev–Trinajstić information content (AvgIpc) is 3.47. The Labute approximate surface area is 281 Å². The van der Waals surface area contributed by atoms with Crippen LogP contribution in [-0.4, -0.2) is 86.1 Å². The standard InChI is InChI=1S/C28H30N4O4.2C2HF3O2/c1-5-28(3,4)32-15-23(27(34)31-35)25(16-32)30-26(33)19-10-12-21(13-11-19)36-17-20-14-18(2)29-24-9-7-6-8-22(20)24;2*3-2(4,5)1(6)7/h1,6-14,23,25,35H,15-17H2,2-4H3,(H,30,33)(H,31,34);2*(H,6,7)/t23-,25+;;/m0../s1. The van der Waals surface area contributed by atoms with Gasteiger partial charge in [-0.15, -0.1) is 6.42 Å². The molecule has 50 heavy (non-hydrogen) atoms. The fourth-order valence-corrected chi connectivity index (χ4v) is 4.48. The predicted molar refractivity (Wildman–Crippen MR) is 164 cm³/mol. The number of likely N-dealkylation sites (tertiary alicyclic amines) is 1. The number of nitrogens with one attached hydrogen (secondary N) is 2. The van der Waals surface area contributed by atoms with Crippen LogP contribution in [0.5, 0.6) is 5.75 Å². The minimum Gasteiger partial charge on any atom is -0.489 e. The zero-order valence-corrected chi connectivity index (χ0v) is 26.6. The van der Waals surface area contributed by atoms with Crippen LogP contribution in [0.4, 0.5) is 26.3 Å². The normalized spacial score (nSPS) is 16.1. The van der Waals surface area contributed by atoms with Gasteiger partial charge in [0.05, 0.1) is 23.0 Å². The van der Waals surface area contributed by atoms with Gasteiger partial charge in [-0.05, 0) is 57.2 Å². The maximum Gasteiger partial charge on any atom is 0.490 e. The summed E-state index contributed by atoms with van der Waals surface area (Å²) in [6, 6.07) is 16.3. The number of fused-ring (bicyclic) bond motifs is 1. The van der Waals surface area contributed by atoms with Gasteiger partial charge in [-0.1, -0.05) is 24.1 Å². The van der Waals surface area contributed by atoms with Crippen LogP contribution >= 0.6 is 0 Å². The molecule has 2 aromatic carbocycles. The Morgan fingerprint density at radius 3 is 2.00 bits per heavy atom. The summed E-state index contributed by atoms with van der Waals surface area (Å²) in [7, 11) is 0. The highest BCUT2D eigenvalue weighted by Crippen LogP contribution is 2.26. The number of pyridine rings is 1. The lowest BCUT2D eigenvalue weighted by Crippen LogP contribution is -2.46. The Kier molecular flexibility index (Phi) is 13.7. The molecule has 0 bridgehead atoms. The molecule has 0 unspecified atom stereocenters. The quantitative estimate of drug-likeness (QED) is 0.102. The Morgan fingerprint density at radius 1 is 0.960 bits per heavy atom. The lowest BCUT2D eigenvalue weighted by Gasteiger charge is -2.30. The van der Waals surface area contributed by atoms with Gasteiger partial charge in [0.25, 0.3) is 5.91 Å². The number of para-hydroxylation sites is 1. The number of halogens is 6. The SMILES string of the molecule is C#CC(C)(C)N1C[C@H](C(=O)NO)[C@H](NC(=O)c2ccc(OCc3cc(C)nc4ccccc34)cc2)C1.O=C(O)C(F)(F)F.O=C(O)C(F)(F)F. The molecular weight excluding hydrogens is 682 g/mol. The van der Waals surface area contributed by atoms with Gasteiger partial charge in [-0.25, -0.2) is 15.1 Å². The molecule has 1 aliphatic heterocycles. The van der Waals surface area contributed by atoms with E-state index in [-0.39, 0.29) is 5.91 Å². The summed E-state index contributed by atoms with van der Waals surface area (Å²) in [4.78, 5) is 49.5. The number of nitrogens with zero attached hydrogens (tertiary/aromatic N) is 2. The molecule has 2 amide bonds. The van der Waals surface area contributed by atoms with Crippen molar-refractivity contribution < 1.29 is 65.7 Å². The lowest BCUT2D eigenvalue weighted by atomic mass is 10.0. The number of terminal acetylenes is 1. The molecule has 0 spiro atoms. The summed E-state index contributed by atoms with van der Waals surface area (Å²) in [5, 5.41) is 27.4. The predicted octanol–water partition coefficient (Wildman–Crippen LogP) is 4.34. The van der Waals surface area contributed by atoms with Gasteiger partial charge in [0.15, 0.2) is 0 Å². The van der Waals surface area contributed by atoms with E-state index >= 15 is 0 Å². The molecule has 2 heterocycles. The molecule has 1 fully saturated rings. The number of carboxylic acids is 2. The molecule has 12 nitrogen and oxygen atoms in total. The first-order chi connectivity index (χ1) is 23.1. The van der Waals surface area contributed by atoms with Gasteiger partial charge in [0.2, 0.25) is 5.91 Å². The molecule has 4 rings (SSSR count). The molecule has 0 saturated carbocycles. The maximum absolute atomic E-state index is 12.9. The molecule has 1 aromatic heterocycles. The number of rotatable bonds is 7. The zero-order chi connectivity index (χ0) is 38.0. The van der Waals surface area contributed by atoms with Crippen molar-refractivity contribution in [3.63, 3.8) is 0 Å². The molecule has 0 aliphatic carbocycles. The number of hydrogen-bond donors (Lipinski definition) is 5. The van der Waals surface area contributed by atoms with Gasteiger partial charge in [-0.2, -0.15) is 26.3 Å². The summed E-state index contributed by atoms with van der Waals surface area (Å²) < 4.78 is 69.5. The van der Waals surface area contributed by atoms with Crippen molar-refractivity contribution in [3.8, 4) is 18.1 Å². The number of aromatic nitrogens is 1. The maximum atomic E-state index is 12.9. The van der Waals surface area contributed by atoms with Crippen LogP contribution in [-0.2, 0) is 21.0 Å². The van der Waals surface area contributed by atoms with E-state index in [1.54, 1.807) is 29.7 Å². The van der Waals surface area contributed by atoms with Crippen molar-refractivity contribution in [2.24, 2.45) is 5.92 Å². The monoisotopic (exact) mass is 714 g/mol. The summed E-state index contributed by atoms with van der Waals surface area (Å²) in [5.41, 5.74) is 4.42. The average molecular weight is 715 g/mol. The van der Waals surface area contributed by atoms with Gasteiger partial charge in [0.1, 0.15) is 12.4 Å². The molecule has 5 N–H and O–H groups in total. The van der Waals surface area contributed by atoms with Crippen LogP contribution in [0.15, 0.2) is 54.6 Å². The van der Waals surface area contributed by atoms with E-state index < -0.39 is 47.7 Å². The number of amides is 2. The molecule has 3 aromatic rings. The number of benzene rings is 2. The highest BCUT2D eigenvalue weighted by atomic mass is 19.4. The van der Waals surface area contributed by atoms with Crippen LogP contribution in [0.2, 0.25) is 0 Å².